The van der Waals surface area contributed by atoms with E-state index in [2.05, 4.69) is 67.2 Å². The molecule has 0 aromatic heterocycles. The van der Waals surface area contributed by atoms with Crippen LogP contribution in [0.1, 0.15) is 107 Å². The third-order valence-electron chi connectivity index (χ3n) is 7.98. The first kappa shape index (κ1) is 21.5. The molecule has 2 aliphatic rings. The number of nitrogens with zero attached hydrogens (tertiary/aromatic N) is 1. The van der Waals surface area contributed by atoms with Crippen LogP contribution >= 0.6 is 0 Å². The summed E-state index contributed by atoms with van der Waals surface area (Å²) < 4.78 is 0. The molecule has 1 aromatic rings. The zero-order valence-corrected chi connectivity index (χ0v) is 20.0. The summed E-state index contributed by atoms with van der Waals surface area (Å²) in [7, 11) is 0. The second-order valence-corrected chi connectivity index (χ2v) is 10.4. The third-order valence-corrected chi connectivity index (χ3v) is 7.98. The Morgan fingerprint density at radius 2 is 1.43 bits per heavy atom. The number of benzene rings is 1. The summed E-state index contributed by atoms with van der Waals surface area (Å²) >= 11 is 0. The Morgan fingerprint density at radius 1 is 0.821 bits per heavy atom. The second-order valence-electron chi connectivity index (χ2n) is 10.4. The van der Waals surface area contributed by atoms with Gasteiger partial charge in [-0.15, -0.1) is 0 Å². The molecule has 1 nitrogen and oxygen atoms in total. The molecule has 0 amide bonds. The van der Waals surface area contributed by atoms with Gasteiger partial charge in [0.2, 0.25) is 0 Å². The van der Waals surface area contributed by atoms with Gasteiger partial charge in [-0.05, 0) is 112 Å². The molecule has 1 fully saturated rings. The summed E-state index contributed by atoms with van der Waals surface area (Å²) in [6.07, 6.45) is 5.26. The molecule has 28 heavy (non-hydrogen) atoms. The lowest BCUT2D eigenvalue weighted by Gasteiger charge is -2.39. The van der Waals surface area contributed by atoms with Gasteiger partial charge in [-0.2, -0.15) is 0 Å². The maximum absolute atomic E-state index is 2.75. The molecule has 0 saturated carbocycles. The molecule has 1 aliphatic carbocycles. The summed E-state index contributed by atoms with van der Waals surface area (Å²) in [6.45, 7) is 24.0. The van der Waals surface area contributed by atoms with Crippen molar-refractivity contribution in [1.82, 2.24) is 0 Å². The summed E-state index contributed by atoms with van der Waals surface area (Å²) in [5.74, 6) is 2.71. The molecule has 3 rings (SSSR count). The Hall–Kier alpha value is -1.24. The van der Waals surface area contributed by atoms with Gasteiger partial charge >= 0.3 is 0 Å². The van der Waals surface area contributed by atoms with Crippen molar-refractivity contribution >= 4 is 5.69 Å². The van der Waals surface area contributed by atoms with Crippen molar-refractivity contribution in [2.75, 3.05) is 18.0 Å². The molecule has 0 spiro atoms. The summed E-state index contributed by atoms with van der Waals surface area (Å²) in [4.78, 5) is 2.75. The Bertz CT molecular complexity index is 759. The predicted molar refractivity (Wildman–Crippen MR) is 125 cm³/mol. The van der Waals surface area contributed by atoms with Gasteiger partial charge in [0, 0.05) is 18.8 Å². The van der Waals surface area contributed by atoms with E-state index in [-0.39, 0.29) is 0 Å². The van der Waals surface area contributed by atoms with Crippen LogP contribution in [0.4, 0.5) is 5.69 Å². The van der Waals surface area contributed by atoms with Gasteiger partial charge < -0.3 is 4.90 Å². The minimum Gasteiger partial charge on any atom is -0.371 e. The van der Waals surface area contributed by atoms with Gasteiger partial charge in [-0.25, -0.2) is 0 Å². The first-order valence-corrected chi connectivity index (χ1v) is 11.7. The van der Waals surface area contributed by atoms with Crippen LogP contribution in [0.15, 0.2) is 11.1 Å². The fourth-order valence-corrected chi connectivity index (χ4v) is 6.08. The third kappa shape index (κ3) is 3.66. The topological polar surface area (TPSA) is 3.24 Å². The molecule has 0 N–H and O–H groups in total. The van der Waals surface area contributed by atoms with E-state index < -0.39 is 0 Å². The van der Waals surface area contributed by atoms with E-state index in [0.29, 0.717) is 11.8 Å². The number of anilines is 1. The minimum atomic E-state index is 0.580. The first-order valence-electron chi connectivity index (χ1n) is 11.7. The highest BCUT2D eigenvalue weighted by atomic mass is 15.1. The lowest BCUT2D eigenvalue weighted by Crippen LogP contribution is -2.27. The lowest BCUT2D eigenvalue weighted by atomic mass is 9.69. The number of hydrogen-bond donors (Lipinski definition) is 0. The molecule has 156 valence electrons. The van der Waals surface area contributed by atoms with Gasteiger partial charge in [0.05, 0.1) is 0 Å². The first-order chi connectivity index (χ1) is 13.1. The molecular formula is C27H43N. The molecule has 1 aromatic carbocycles. The maximum atomic E-state index is 2.75. The second kappa shape index (κ2) is 8.25. The van der Waals surface area contributed by atoms with E-state index in [1.807, 2.05) is 0 Å². The standard InChI is InChI=1S/C27H43N/c1-16(2)24-15-23(14-18(5)19(24)6)26-22(9)20(7)21(8)25(17(3)4)27(26)28-12-10-11-13-28/h16-17,23-24H,10-15H2,1-9H3. The molecule has 2 unspecified atom stereocenters. The molecule has 2 atom stereocenters. The van der Waals surface area contributed by atoms with E-state index in [1.165, 1.54) is 49.9 Å². The van der Waals surface area contributed by atoms with Crippen molar-refractivity contribution in [3.8, 4) is 0 Å². The molecule has 1 aliphatic heterocycles. The SMILES string of the molecule is CC1=C(C)C(C(C)C)CC(c2c(C)c(C)c(C)c(C(C)C)c2N2CCCC2)C1. The Kier molecular flexibility index (Phi) is 6.32. The lowest BCUT2D eigenvalue weighted by molar-refractivity contribution is 0.355. The Balaban J connectivity index is 2.22. The van der Waals surface area contributed by atoms with Gasteiger partial charge in [-0.1, -0.05) is 38.8 Å². The van der Waals surface area contributed by atoms with Gasteiger partial charge in [0.15, 0.2) is 0 Å². The van der Waals surface area contributed by atoms with Crippen molar-refractivity contribution in [2.24, 2.45) is 11.8 Å². The van der Waals surface area contributed by atoms with Crippen LogP contribution in [0.2, 0.25) is 0 Å². The Morgan fingerprint density at radius 3 is 1.96 bits per heavy atom. The number of rotatable bonds is 4. The Labute approximate surface area is 174 Å². The molecule has 1 heterocycles. The average Bonchev–Trinajstić information content (AvgIpc) is 3.15. The van der Waals surface area contributed by atoms with Crippen LogP contribution in [0.25, 0.3) is 0 Å². The van der Waals surface area contributed by atoms with Crippen molar-refractivity contribution in [3.05, 3.63) is 39.0 Å². The van der Waals surface area contributed by atoms with E-state index in [1.54, 1.807) is 33.5 Å². The maximum Gasteiger partial charge on any atom is 0.0442 e. The van der Waals surface area contributed by atoms with Gasteiger partial charge in [-0.3, -0.25) is 0 Å². The van der Waals surface area contributed by atoms with E-state index in [0.717, 1.165) is 11.8 Å². The van der Waals surface area contributed by atoms with Gasteiger partial charge in [0.1, 0.15) is 0 Å². The number of allylic oxidation sites excluding steroid dienone is 2. The van der Waals surface area contributed by atoms with Crippen molar-refractivity contribution in [1.29, 1.82) is 0 Å². The highest BCUT2D eigenvalue weighted by Crippen LogP contribution is 2.49. The van der Waals surface area contributed by atoms with Crippen LogP contribution in [0, 0.1) is 32.6 Å². The van der Waals surface area contributed by atoms with Crippen LogP contribution in [0.3, 0.4) is 0 Å². The average molecular weight is 382 g/mol. The van der Waals surface area contributed by atoms with Crippen molar-refractivity contribution in [3.63, 3.8) is 0 Å². The molecule has 1 heteroatoms. The molecule has 1 saturated heterocycles. The van der Waals surface area contributed by atoms with Crippen molar-refractivity contribution in [2.45, 2.75) is 99.8 Å². The molecule has 0 bridgehead atoms. The van der Waals surface area contributed by atoms with Crippen molar-refractivity contribution < 1.29 is 0 Å². The summed E-state index contributed by atoms with van der Waals surface area (Å²) in [5, 5.41) is 0. The highest BCUT2D eigenvalue weighted by molar-refractivity contribution is 5.70. The fourth-order valence-electron chi connectivity index (χ4n) is 6.08. The van der Waals surface area contributed by atoms with Crippen LogP contribution in [-0.4, -0.2) is 13.1 Å². The van der Waals surface area contributed by atoms with E-state index >= 15 is 0 Å². The number of hydrogen-bond acceptors (Lipinski definition) is 1. The smallest absolute Gasteiger partial charge is 0.0442 e. The monoisotopic (exact) mass is 381 g/mol. The van der Waals surface area contributed by atoms with Crippen LogP contribution in [0.5, 0.6) is 0 Å². The normalized spacial score (nSPS) is 23.5. The van der Waals surface area contributed by atoms with Crippen LogP contribution < -0.4 is 4.90 Å². The zero-order chi connectivity index (χ0) is 20.7. The minimum absolute atomic E-state index is 0.580. The quantitative estimate of drug-likeness (QED) is 0.480. The fraction of sp³-hybridized carbons (Fsp3) is 0.704. The summed E-state index contributed by atoms with van der Waals surface area (Å²) in [6, 6.07) is 0. The zero-order valence-electron chi connectivity index (χ0n) is 20.0. The summed E-state index contributed by atoms with van der Waals surface area (Å²) in [5.41, 5.74) is 12.9. The predicted octanol–water partition coefficient (Wildman–Crippen LogP) is 7.82. The molecular weight excluding hydrogens is 338 g/mol. The molecule has 0 radical (unpaired) electrons. The van der Waals surface area contributed by atoms with Gasteiger partial charge in [0.25, 0.3) is 0 Å². The van der Waals surface area contributed by atoms with E-state index in [4.69, 9.17) is 0 Å². The highest BCUT2D eigenvalue weighted by Gasteiger charge is 2.34. The van der Waals surface area contributed by atoms with Crippen LogP contribution in [-0.2, 0) is 0 Å². The van der Waals surface area contributed by atoms with E-state index in [9.17, 15) is 0 Å². The largest absolute Gasteiger partial charge is 0.371 e.